The second kappa shape index (κ2) is 7.68. The Bertz CT molecular complexity index is 518. The van der Waals surface area contributed by atoms with Gasteiger partial charge in [-0.15, -0.1) is 10.2 Å². The van der Waals surface area contributed by atoms with Crippen molar-refractivity contribution in [3.05, 3.63) is 41.4 Å². The van der Waals surface area contributed by atoms with Gasteiger partial charge >= 0.3 is 0 Å². The van der Waals surface area contributed by atoms with E-state index in [4.69, 9.17) is 5.11 Å². The Labute approximate surface area is 120 Å². The van der Waals surface area contributed by atoms with E-state index in [1.165, 1.54) is 11.3 Å². The summed E-state index contributed by atoms with van der Waals surface area (Å²) in [6, 6.07) is 9.68. The van der Waals surface area contributed by atoms with E-state index >= 15 is 0 Å². The molecule has 0 spiro atoms. The highest BCUT2D eigenvalue weighted by molar-refractivity contribution is 7.13. The molecule has 0 aliphatic heterocycles. The number of amides is 1. The molecule has 1 heterocycles. The van der Waals surface area contributed by atoms with Crippen LogP contribution in [0.25, 0.3) is 0 Å². The maximum absolute atomic E-state index is 11.8. The van der Waals surface area contributed by atoms with Crippen molar-refractivity contribution in [3.63, 3.8) is 0 Å². The summed E-state index contributed by atoms with van der Waals surface area (Å²) in [5.41, 5.74) is 2.60. The van der Waals surface area contributed by atoms with E-state index in [2.05, 4.69) is 20.8 Å². The lowest BCUT2D eigenvalue weighted by molar-refractivity contribution is -0.115. The quantitative estimate of drug-likeness (QED) is 0.713. The van der Waals surface area contributed by atoms with Gasteiger partial charge in [0.25, 0.3) is 0 Å². The van der Waals surface area contributed by atoms with E-state index in [0.29, 0.717) is 11.6 Å². The van der Waals surface area contributed by atoms with E-state index in [1.807, 2.05) is 30.3 Å². The van der Waals surface area contributed by atoms with Crippen LogP contribution in [0, 0.1) is 0 Å². The Morgan fingerprint density at radius 2 is 2.15 bits per heavy atom. The predicted octanol–water partition coefficient (Wildman–Crippen LogP) is 1.19. The minimum absolute atomic E-state index is 0.0543. The summed E-state index contributed by atoms with van der Waals surface area (Å²) >= 11 is 1.27. The summed E-state index contributed by atoms with van der Waals surface area (Å²) in [4.78, 5) is 11.8. The number of aliphatic hydroxyl groups excluding tert-OH is 1. The molecule has 0 bridgehead atoms. The van der Waals surface area contributed by atoms with E-state index in [0.717, 1.165) is 5.56 Å². The van der Waals surface area contributed by atoms with Crippen LogP contribution in [0.4, 0.5) is 5.13 Å². The first kappa shape index (κ1) is 14.6. The lowest BCUT2D eigenvalue weighted by Crippen LogP contribution is -2.31. The number of anilines is 1. The summed E-state index contributed by atoms with van der Waals surface area (Å²) < 4.78 is 0. The van der Waals surface area contributed by atoms with Crippen LogP contribution in [-0.2, 0) is 4.79 Å². The molecule has 0 aliphatic rings. The van der Waals surface area contributed by atoms with Crippen molar-refractivity contribution < 1.29 is 9.90 Å². The molecule has 0 fully saturated rings. The predicted molar refractivity (Wildman–Crippen MR) is 77.4 cm³/mol. The van der Waals surface area contributed by atoms with Gasteiger partial charge in [0.15, 0.2) is 0 Å². The van der Waals surface area contributed by atoms with Crippen molar-refractivity contribution in [1.29, 1.82) is 0 Å². The number of nitrogens with one attached hydrogen (secondary N) is 2. The smallest absolute Gasteiger partial charge is 0.240 e. The van der Waals surface area contributed by atoms with E-state index in [9.17, 15) is 4.79 Å². The molecule has 0 aliphatic carbocycles. The Kier molecular flexibility index (Phi) is 5.60. The molecule has 6 nitrogen and oxygen atoms in total. The van der Waals surface area contributed by atoms with Gasteiger partial charge in [0, 0.05) is 12.6 Å². The molecule has 106 valence electrons. The lowest BCUT2D eigenvalue weighted by Gasteiger charge is -2.17. The highest BCUT2D eigenvalue weighted by Crippen LogP contribution is 2.15. The molecule has 20 heavy (non-hydrogen) atoms. The highest BCUT2D eigenvalue weighted by Gasteiger charge is 2.12. The van der Waals surface area contributed by atoms with Crippen LogP contribution < -0.4 is 10.6 Å². The Morgan fingerprint density at radius 1 is 1.35 bits per heavy atom. The van der Waals surface area contributed by atoms with Crippen LogP contribution >= 0.6 is 11.3 Å². The number of carbonyl (C=O) groups is 1. The average Bonchev–Trinajstić information content (AvgIpc) is 2.97. The third kappa shape index (κ3) is 4.37. The van der Waals surface area contributed by atoms with Gasteiger partial charge in [-0.05, 0) is 12.0 Å². The fourth-order valence-corrected chi connectivity index (χ4v) is 2.27. The van der Waals surface area contributed by atoms with Gasteiger partial charge in [-0.25, -0.2) is 0 Å². The molecule has 1 aromatic carbocycles. The Hall–Kier alpha value is -1.83. The minimum Gasteiger partial charge on any atom is -0.396 e. The maximum atomic E-state index is 11.8. The van der Waals surface area contributed by atoms with Crippen molar-refractivity contribution in [2.45, 2.75) is 12.5 Å². The minimum atomic E-state index is -0.180. The molecular weight excluding hydrogens is 276 g/mol. The van der Waals surface area contributed by atoms with E-state index in [1.54, 1.807) is 5.51 Å². The molecule has 3 N–H and O–H groups in total. The van der Waals surface area contributed by atoms with Gasteiger partial charge in [0.05, 0.1) is 6.54 Å². The van der Waals surface area contributed by atoms with Gasteiger partial charge in [-0.2, -0.15) is 0 Å². The molecule has 1 atom stereocenters. The maximum Gasteiger partial charge on any atom is 0.240 e. The van der Waals surface area contributed by atoms with Crippen LogP contribution in [-0.4, -0.2) is 34.4 Å². The first-order valence-corrected chi connectivity index (χ1v) is 7.13. The molecule has 7 heteroatoms. The number of carbonyl (C=O) groups excluding carboxylic acids is 1. The zero-order valence-electron chi connectivity index (χ0n) is 10.8. The second-order valence-electron chi connectivity index (χ2n) is 4.15. The first-order valence-electron chi connectivity index (χ1n) is 6.25. The van der Waals surface area contributed by atoms with E-state index in [-0.39, 0.29) is 25.1 Å². The third-order valence-corrected chi connectivity index (χ3v) is 3.34. The number of hydrogen-bond acceptors (Lipinski definition) is 6. The molecule has 1 aromatic heterocycles. The topological polar surface area (TPSA) is 87.1 Å². The Morgan fingerprint density at radius 3 is 2.80 bits per heavy atom. The fraction of sp³-hybridized carbons (Fsp3) is 0.308. The van der Waals surface area contributed by atoms with Crippen molar-refractivity contribution in [1.82, 2.24) is 15.5 Å². The zero-order chi connectivity index (χ0) is 14.2. The van der Waals surface area contributed by atoms with Gasteiger partial charge in [0.2, 0.25) is 11.0 Å². The molecular formula is C13H16N4O2S. The standard InChI is InChI=1S/C13H16N4O2S/c18-7-6-11(10-4-2-1-3-5-10)14-8-12(19)16-13-17-15-9-20-13/h1-5,9,11,14,18H,6-8H2,(H,16,17,19). The van der Waals surface area contributed by atoms with Gasteiger partial charge in [-0.1, -0.05) is 41.7 Å². The number of aliphatic hydroxyl groups is 1. The zero-order valence-corrected chi connectivity index (χ0v) is 11.6. The summed E-state index contributed by atoms with van der Waals surface area (Å²) in [5.74, 6) is -0.180. The van der Waals surface area contributed by atoms with Crippen LogP contribution in [0.3, 0.4) is 0 Å². The van der Waals surface area contributed by atoms with Crippen LogP contribution in [0.5, 0.6) is 0 Å². The van der Waals surface area contributed by atoms with Crippen molar-refractivity contribution in [2.24, 2.45) is 0 Å². The molecule has 0 radical (unpaired) electrons. The summed E-state index contributed by atoms with van der Waals surface area (Å²) in [6.45, 7) is 0.212. The van der Waals surface area contributed by atoms with Gasteiger partial charge in [-0.3, -0.25) is 10.1 Å². The van der Waals surface area contributed by atoms with Gasteiger partial charge in [0.1, 0.15) is 5.51 Å². The van der Waals surface area contributed by atoms with Crippen molar-refractivity contribution >= 4 is 22.4 Å². The normalized spacial score (nSPS) is 12.1. The van der Waals surface area contributed by atoms with Gasteiger partial charge < -0.3 is 10.4 Å². The monoisotopic (exact) mass is 292 g/mol. The number of hydrogen-bond donors (Lipinski definition) is 3. The number of rotatable bonds is 7. The molecule has 1 amide bonds. The lowest BCUT2D eigenvalue weighted by atomic mass is 10.0. The molecule has 0 saturated carbocycles. The van der Waals surface area contributed by atoms with Crippen LogP contribution in [0.2, 0.25) is 0 Å². The SMILES string of the molecule is O=C(CNC(CCO)c1ccccc1)Nc1nncs1. The summed E-state index contributed by atoms with van der Waals surface area (Å²) in [5, 5.41) is 22.8. The molecule has 1 unspecified atom stereocenters. The summed E-state index contributed by atoms with van der Waals surface area (Å²) in [7, 11) is 0. The van der Waals surface area contributed by atoms with Crippen LogP contribution in [0.15, 0.2) is 35.8 Å². The Balaban J connectivity index is 1.87. The number of nitrogens with zero attached hydrogens (tertiary/aromatic N) is 2. The van der Waals surface area contributed by atoms with E-state index < -0.39 is 0 Å². The fourth-order valence-electron chi connectivity index (χ4n) is 1.81. The first-order chi connectivity index (χ1) is 9.79. The van der Waals surface area contributed by atoms with Crippen molar-refractivity contribution in [3.8, 4) is 0 Å². The second-order valence-corrected chi connectivity index (χ2v) is 4.98. The average molecular weight is 292 g/mol. The highest BCUT2D eigenvalue weighted by atomic mass is 32.1. The molecule has 2 aromatic rings. The summed E-state index contributed by atoms with van der Waals surface area (Å²) in [6.07, 6.45) is 0.552. The van der Waals surface area contributed by atoms with Crippen LogP contribution in [0.1, 0.15) is 18.0 Å². The third-order valence-electron chi connectivity index (χ3n) is 2.74. The largest absolute Gasteiger partial charge is 0.396 e. The molecule has 0 saturated heterocycles. The number of benzene rings is 1. The van der Waals surface area contributed by atoms with Crippen molar-refractivity contribution in [2.75, 3.05) is 18.5 Å². The number of aromatic nitrogens is 2. The molecule has 2 rings (SSSR count).